The fourth-order valence-corrected chi connectivity index (χ4v) is 1.82. The quantitative estimate of drug-likeness (QED) is 0.653. The number of aromatic nitrogens is 2. The number of anilines is 1. The number of nitrogens with one attached hydrogen (secondary N) is 1. The minimum absolute atomic E-state index is 0.168. The Balaban J connectivity index is 2.14. The van der Waals surface area contributed by atoms with Crippen LogP contribution in [0.25, 0.3) is 11.4 Å². The third-order valence-corrected chi connectivity index (χ3v) is 3.07. The summed E-state index contributed by atoms with van der Waals surface area (Å²) in [7, 11) is 1.43. The van der Waals surface area contributed by atoms with Crippen LogP contribution in [0.5, 0.6) is 0 Å². The smallest absolute Gasteiger partial charge is 0.329 e. The van der Waals surface area contributed by atoms with Crippen LogP contribution < -0.4 is 5.32 Å². The third kappa shape index (κ3) is 4.57. The number of hydrogen-bond acceptors (Lipinski definition) is 5. The summed E-state index contributed by atoms with van der Waals surface area (Å²) < 4.78 is 41.7. The standard InChI is InChI=1S/C15H15F3N4O3/c1-4-7-24-22(3)14(23)19-11-6-5-10(8-9(11)2)12-20-13(25-21-12)15(16,17)18/h4-6,8H,1,7H2,2-3H3,(H,19,23). The maximum Gasteiger partial charge on any atom is 0.471 e. The van der Waals surface area contributed by atoms with Crippen LogP contribution in [0.3, 0.4) is 0 Å². The molecule has 0 spiro atoms. The van der Waals surface area contributed by atoms with Crippen LogP contribution in [-0.2, 0) is 11.0 Å². The van der Waals surface area contributed by atoms with Crippen molar-refractivity contribution in [3.63, 3.8) is 0 Å². The third-order valence-electron chi connectivity index (χ3n) is 3.07. The molecule has 1 N–H and O–H groups in total. The van der Waals surface area contributed by atoms with Crippen molar-refractivity contribution in [1.29, 1.82) is 0 Å². The Morgan fingerprint density at radius 3 is 2.76 bits per heavy atom. The molecule has 0 saturated carbocycles. The highest BCUT2D eigenvalue weighted by Gasteiger charge is 2.38. The molecule has 0 unspecified atom stereocenters. The number of nitrogens with zero attached hydrogens (tertiary/aromatic N) is 3. The second-order valence-corrected chi connectivity index (χ2v) is 4.96. The van der Waals surface area contributed by atoms with Crippen LogP contribution in [0.2, 0.25) is 0 Å². The fourth-order valence-electron chi connectivity index (χ4n) is 1.82. The van der Waals surface area contributed by atoms with E-state index in [1.165, 1.54) is 31.3 Å². The second kappa shape index (κ2) is 7.34. The molecule has 1 aromatic carbocycles. The molecule has 1 aromatic heterocycles. The van der Waals surface area contributed by atoms with E-state index >= 15 is 0 Å². The van der Waals surface area contributed by atoms with Crippen molar-refractivity contribution in [3.05, 3.63) is 42.3 Å². The van der Waals surface area contributed by atoms with E-state index in [9.17, 15) is 18.0 Å². The van der Waals surface area contributed by atoms with Gasteiger partial charge in [0, 0.05) is 18.3 Å². The topological polar surface area (TPSA) is 80.5 Å². The van der Waals surface area contributed by atoms with E-state index in [-0.39, 0.29) is 12.4 Å². The number of urea groups is 1. The number of hydrogen-bond donors (Lipinski definition) is 1. The number of halogens is 3. The molecule has 0 fully saturated rings. The summed E-state index contributed by atoms with van der Waals surface area (Å²) in [6.07, 6.45) is -3.21. The highest BCUT2D eigenvalue weighted by Crippen LogP contribution is 2.30. The lowest BCUT2D eigenvalue weighted by Gasteiger charge is -2.17. The molecule has 25 heavy (non-hydrogen) atoms. The van der Waals surface area contributed by atoms with Crippen molar-refractivity contribution >= 4 is 11.7 Å². The van der Waals surface area contributed by atoms with Gasteiger partial charge in [-0.15, -0.1) is 6.58 Å². The number of amides is 2. The van der Waals surface area contributed by atoms with E-state index in [1.807, 2.05) is 0 Å². The van der Waals surface area contributed by atoms with Gasteiger partial charge in [0.2, 0.25) is 5.82 Å². The molecule has 0 aliphatic heterocycles. The number of hydroxylamine groups is 2. The van der Waals surface area contributed by atoms with Crippen LogP contribution in [0, 0.1) is 6.92 Å². The summed E-state index contributed by atoms with van der Waals surface area (Å²) in [6, 6.07) is 4.01. The predicted octanol–water partition coefficient (Wildman–Crippen LogP) is 3.65. The van der Waals surface area contributed by atoms with Gasteiger partial charge >= 0.3 is 18.1 Å². The van der Waals surface area contributed by atoms with Gasteiger partial charge in [0.15, 0.2) is 0 Å². The van der Waals surface area contributed by atoms with Gasteiger partial charge in [-0.3, -0.25) is 4.84 Å². The molecule has 0 aliphatic carbocycles. The zero-order valence-corrected chi connectivity index (χ0v) is 13.4. The molecule has 0 saturated heterocycles. The summed E-state index contributed by atoms with van der Waals surface area (Å²) in [6.45, 7) is 5.32. The van der Waals surface area contributed by atoms with Gasteiger partial charge in [-0.2, -0.15) is 18.2 Å². The molecule has 2 aromatic rings. The minimum Gasteiger partial charge on any atom is -0.329 e. The van der Waals surface area contributed by atoms with Crippen LogP contribution in [0.15, 0.2) is 35.4 Å². The number of benzene rings is 1. The molecule has 0 aliphatic rings. The molecular formula is C15H15F3N4O3. The van der Waals surface area contributed by atoms with Crippen molar-refractivity contribution in [1.82, 2.24) is 15.2 Å². The predicted molar refractivity (Wildman–Crippen MR) is 82.4 cm³/mol. The summed E-state index contributed by atoms with van der Waals surface area (Å²) >= 11 is 0. The van der Waals surface area contributed by atoms with E-state index in [4.69, 9.17) is 4.84 Å². The van der Waals surface area contributed by atoms with Crippen molar-refractivity contribution in [2.75, 3.05) is 19.0 Å². The molecular weight excluding hydrogens is 341 g/mol. The highest BCUT2D eigenvalue weighted by molar-refractivity contribution is 5.89. The lowest BCUT2D eigenvalue weighted by molar-refractivity contribution is -0.159. The van der Waals surface area contributed by atoms with Crippen molar-refractivity contribution in [3.8, 4) is 11.4 Å². The molecule has 0 bridgehead atoms. The SMILES string of the molecule is C=CCON(C)C(=O)Nc1ccc(-c2noc(C(F)(F)F)n2)cc1C. The van der Waals surface area contributed by atoms with Gasteiger partial charge in [-0.25, -0.2) is 9.86 Å². The first-order chi connectivity index (χ1) is 11.7. The van der Waals surface area contributed by atoms with Crippen molar-refractivity contribution in [2.24, 2.45) is 0 Å². The minimum atomic E-state index is -4.70. The summed E-state index contributed by atoms with van der Waals surface area (Å²) in [5.41, 5.74) is 1.38. The maximum atomic E-state index is 12.5. The fraction of sp³-hybridized carbons (Fsp3) is 0.267. The van der Waals surface area contributed by atoms with Gasteiger partial charge in [-0.1, -0.05) is 11.2 Å². The summed E-state index contributed by atoms with van der Waals surface area (Å²) in [5, 5.41) is 6.93. The first-order valence-corrected chi connectivity index (χ1v) is 7.03. The first-order valence-electron chi connectivity index (χ1n) is 7.03. The van der Waals surface area contributed by atoms with Crippen molar-refractivity contribution in [2.45, 2.75) is 13.1 Å². The van der Waals surface area contributed by atoms with Crippen LogP contribution in [0.4, 0.5) is 23.7 Å². The lowest BCUT2D eigenvalue weighted by Crippen LogP contribution is -2.31. The average molecular weight is 356 g/mol. The molecule has 10 heteroatoms. The highest BCUT2D eigenvalue weighted by atomic mass is 19.4. The molecule has 0 radical (unpaired) electrons. The van der Waals surface area contributed by atoms with Gasteiger partial charge in [-0.05, 0) is 30.7 Å². The van der Waals surface area contributed by atoms with E-state index < -0.39 is 18.1 Å². The van der Waals surface area contributed by atoms with Crippen LogP contribution in [-0.4, -0.2) is 34.9 Å². The Morgan fingerprint density at radius 2 is 2.20 bits per heavy atom. The monoisotopic (exact) mass is 356 g/mol. The first kappa shape index (κ1) is 18.5. The van der Waals surface area contributed by atoms with Gasteiger partial charge < -0.3 is 9.84 Å². The number of aryl methyl sites for hydroxylation is 1. The Kier molecular flexibility index (Phi) is 5.42. The van der Waals surface area contributed by atoms with E-state index in [1.54, 1.807) is 6.92 Å². The Labute approximate surface area is 141 Å². The van der Waals surface area contributed by atoms with Gasteiger partial charge in [0.25, 0.3) is 0 Å². The molecule has 1 heterocycles. The molecule has 0 atom stereocenters. The molecule has 2 amide bonds. The number of alkyl halides is 3. The number of rotatable bonds is 5. The van der Waals surface area contributed by atoms with E-state index in [0.717, 1.165) is 5.06 Å². The normalized spacial score (nSPS) is 11.2. The maximum absolute atomic E-state index is 12.5. The van der Waals surface area contributed by atoms with E-state index in [0.29, 0.717) is 16.8 Å². The molecule has 134 valence electrons. The van der Waals surface area contributed by atoms with Crippen molar-refractivity contribution < 1.29 is 27.3 Å². The zero-order valence-electron chi connectivity index (χ0n) is 13.4. The molecule has 2 rings (SSSR count). The Morgan fingerprint density at radius 1 is 1.48 bits per heavy atom. The molecule has 7 nitrogen and oxygen atoms in total. The van der Waals surface area contributed by atoms with E-state index in [2.05, 4.69) is 26.6 Å². The average Bonchev–Trinajstić information content (AvgIpc) is 3.04. The number of carbonyl (C=O) groups excluding carboxylic acids is 1. The largest absolute Gasteiger partial charge is 0.471 e. The lowest BCUT2D eigenvalue weighted by atomic mass is 10.1. The number of carbonyl (C=O) groups is 1. The summed E-state index contributed by atoms with van der Waals surface area (Å²) in [4.78, 5) is 20.3. The Bertz CT molecular complexity index is 774. The van der Waals surface area contributed by atoms with Crippen LogP contribution in [0.1, 0.15) is 11.5 Å². The van der Waals surface area contributed by atoms with Crippen LogP contribution >= 0.6 is 0 Å². The van der Waals surface area contributed by atoms with Gasteiger partial charge in [0.05, 0.1) is 6.61 Å². The summed E-state index contributed by atoms with van der Waals surface area (Å²) in [5.74, 6) is -1.61. The Hall–Kier alpha value is -2.88. The zero-order chi connectivity index (χ0) is 18.6. The van der Waals surface area contributed by atoms with Gasteiger partial charge in [0.1, 0.15) is 0 Å². The second-order valence-electron chi connectivity index (χ2n) is 4.96.